The van der Waals surface area contributed by atoms with Gasteiger partial charge in [-0.2, -0.15) is 0 Å². The normalized spacial score (nSPS) is 11.2. The van der Waals surface area contributed by atoms with E-state index in [4.69, 9.17) is 0 Å². The van der Waals surface area contributed by atoms with Gasteiger partial charge in [-0.25, -0.2) is 0 Å². The third kappa shape index (κ3) is 2.87. The quantitative estimate of drug-likeness (QED) is 0.769. The van der Waals surface area contributed by atoms with Gasteiger partial charge in [-0.15, -0.1) is 0 Å². The van der Waals surface area contributed by atoms with E-state index in [1.807, 2.05) is 32.4 Å². The molecule has 0 fully saturated rings. The number of aryl methyl sites for hydroxylation is 1. The van der Waals surface area contributed by atoms with E-state index < -0.39 is 0 Å². The Morgan fingerprint density at radius 1 is 1.11 bits per heavy atom. The smallest absolute Gasteiger partial charge is 0.0631 e. The Labute approximate surface area is 115 Å². The predicted molar refractivity (Wildman–Crippen MR) is 82.9 cm³/mol. The zero-order valence-electron chi connectivity index (χ0n) is 12.3. The van der Waals surface area contributed by atoms with Gasteiger partial charge in [0, 0.05) is 50.0 Å². The molecule has 0 amide bonds. The van der Waals surface area contributed by atoms with Crippen LogP contribution in [0.3, 0.4) is 0 Å². The van der Waals surface area contributed by atoms with E-state index in [0.717, 1.165) is 5.69 Å². The molecular formula is C16H21N3. The molecule has 0 atom stereocenters. The van der Waals surface area contributed by atoms with Crippen molar-refractivity contribution in [2.24, 2.45) is 12.0 Å². The van der Waals surface area contributed by atoms with Crippen molar-refractivity contribution in [1.82, 2.24) is 4.57 Å². The molecule has 1 aromatic carbocycles. The van der Waals surface area contributed by atoms with E-state index in [1.165, 1.54) is 22.6 Å². The molecule has 0 aliphatic carbocycles. The maximum Gasteiger partial charge on any atom is 0.0631 e. The molecule has 0 aliphatic rings. The van der Waals surface area contributed by atoms with Gasteiger partial charge in [0.25, 0.3) is 0 Å². The maximum atomic E-state index is 4.54. The summed E-state index contributed by atoms with van der Waals surface area (Å²) in [5.41, 5.74) is 5.84. The van der Waals surface area contributed by atoms with Crippen LogP contribution >= 0.6 is 0 Å². The first-order chi connectivity index (χ1) is 8.99. The predicted octanol–water partition coefficient (Wildman–Crippen LogP) is 3.46. The second kappa shape index (κ2) is 5.31. The lowest BCUT2D eigenvalue weighted by atomic mass is 10.2. The molecule has 0 aliphatic heterocycles. The second-order valence-corrected chi connectivity index (χ2v) is 5.05. The molecule has 1 aromatic heterocycles. The Morgan fingerprint density at radius 3 is 2.21 bits per heavy atom. The van der Waals surface area contributed by atoms with Gasteiger partial charge in [-0.3, -0.25) is 4.99 Å². The molecule has 0 N–H and O–H groups in total. The lowest BCUT2D eigenvalue weighted by Gasteiger charge is -2.11. The lowest BCUT2D eigenvalue weighted by molar-refractivity contribution is 0.843. The fourth-order valence-corrected chi connectivity index (χ4v) is 2.00. The highest BCUT2D eigenvalue weighted by Crippen LogP contribution is 2.19. The van der Waals surface area contributed by atoms with Gasteiger partial charge in [0.15, 0.2) is 0 Å². The molecule has 0 saturated carbocycles. The summed E-state index contributed by atoms with van der Waals surface area (Å²) in [5, 5.41) is 0. The van der Waals surface area contributed by atoms with E-state index >= 15 is 0 Å². The minimum absolute atomic E-state index is 0.978. The Hall–Kier alpha value is -2.03. The number of benzene rings is 1. The number of aliphatic imine (C=N–C) groups is 1. The van der Waals surface area contributed by atoms with Crippen molar-refractivity contribution in [3.63, 3.8) is 0 Å². The molecular weight excluding hydrogens is 234 g/mol. The van der Waals surface area contributed by atoms with Crippen LogP contribution < -0.4 is 4.90 Å². The lowest BCUT2D eigenvalue weighted by Crippen LogP contribution is -2.07. The highest BCUT2D eigenvalue weighted by molar-refractivity contribution is 5.84. The minimum Gasteiger partial charge on any atom is -0.378 e. The third-order valence-corrected chi connectivity index (χ3v) is 3.53. The molecule has 0 bridgehead atoms. The topological polar surface area (TPSA) is 20.5 Å². The van der Waals surface area contributed by atoms with E-state index in [1.54, 1.807) is 0 Å². The summed E-state index contributed by atoms with van der Waals surface area (Å²) in [6.07, 6.45) is 1.94. The molecule has 2 aromatic rings. The largest absolute Gasteiger partial charge is 0.378 e. The molecule has 100 valence electrons. The van der Waals surface area contributed by atoms with Crippen molar-refractivity contribution in [1.29, 1.82) is 0 Å². The van der Waals surface area contributed by atoms with Crippen LogP contribution in [0.15, 0.2) is 35.3 Å². The van der Waals surface area contributed by atoms with Crippen LogP contribution in [-0.4, -0.2) is 24.9 Å². The SMILES string of the molecule is Cc1cc(C=Nc2ccc(N(C)C)cc2)c(C)n1C. The Kier molecular flexibility index (Phi) is 3.74. The van der Waals surface area contributed by atoms with Gasteiger partial charge in [0.2, 0.25) is 0 Å². The summed E-state index contributed by atoms with van der Waals surface area (Å²) in [6, 6.07) is 10.4. The molecule has 0 saturated heterocycles. The van der Waals surface area contributed by atoms with Crippen LogP contribution in [0, 0.1) is 13.8 Å². The first kappa shape index (κ1) is 13.4. The number of anilines is 1. The van der Waals surface area contributed by atoms with Crippen molar-refractivity contribution < 1.29 is 0 Å². The van der Waals surface area contributed by atoms with Gasteiger partial charge in [0.1, 0.15) is 0 Å². The van der Waals surface area contributed by atoms with Crippen LogP contribution in [-0.2, 0) is 7.05 Å². The van der Waals surface area contributed by atoms with Gasteiger partial charge in [-0.1, -0.05) is 0 Å². The zero-order valence-corrected chi connectivity index (χ0v) is 12.3. The van der Waals surface area contributed by atoms with Crippen LogP contribution in [0.25, 0.3) is 0 Å². The number of hydrogen-bond acceptors (Lipinski definition) is 2. The zero-order chi connectivity index (χ0) is 14.0. The summed E-state index contributed by atoms with van der Waals surface area (Å²) in [5.74, 6) is 0. The van der Waals surface area contributed by atoms with Crippen molar-refractivity contribution in [2.75, 3.05) is 19.0 Å². The summed E-state index contributed by atoms with van der Waals surface area (Å²) < 4.78 is 2.18. The first-order valence-corrected chi connectivity index (χ1v) is 6.43. The van der Waals surface area contributed by atoms with Crippen molar-refractivity contribution in [2.45, 2.75) is 13.8 Å². The highest BCUT2D eigenvalue weighted by Gasteiger charge is 2.03. The number of hydrogen-bond donors (Lipinski definition) is 0. The number of rotatable bonds is 3. The summed E-state index contributed by atoms with van der Waals surface area (Å²) in [6.45, 7) is 4.22. The Bertz CT molecular complexity index is 589. The van der Waals surface area contributed by atoms with Crippen molar-refractivity contribution in [3.05, 3.63) is 47.3 Å². The van der Waals surface area contributed by atoms with Crippen LogP contribution in [0.2, 0.25) is 0 Å². The van der Waals surface area contributed by atoms with E-state index in [-0.39, 0.29) is 0 Å². The van der Waals surface area contributed by atoms with E-state index in [2.05, 4.69) is 53.6 Å². The maximum absolute atomic E-state index is 4.54. The molecule has 1 heterocycles. The van der Waals surface area contributed by atoms with Crippen LogP contribution in [0.4, 0.5) is 11.4 Å². The number of nitrogens with zero attached hydrogens (tertiary/aromatic N) is 3. The third-order valence-electron chi connectivity index (χ3n) is 3.53. The average Bonchev–Trinajstić information content (AvgIpc) is 2.64. The molecule has 0 spiro atoms. The minimum atomic E-state index is 0.978. The van der Waals surface area contributed by atoms with E-state index in [9.17, 15) is 0 Å². The second-order valence-electron chi connectivity index (χ2n) is 5.05. The molecule has 19 heavy (non-hydrogen) atoms. The summed E-state index contributed by atoms with van der Waals surface area (Å²) in [7, 11) is 6.15. The van der Waals surface area contributed by atoms with Crippen molar-refractivity contribution in [3.8, 4) is 0 Å². The molecule has 2 rings (SSSR count). The van der Waals surface area contributed by atoms with Gasteiger partial charge in [0.05, 0.1) is 5.69 Å². The van der Waals surface area contributed by atoms with Gasteiger partial charge in [-0.05, 0) is 44.2 Å². The Balaban J connectivity index is 2.20. The van der Waals surface area contributed by atoms with Gasteiger partial charge < -0.3 is 9.47 Å². The molecule has 3 heteroatoms. The fraction of sp³-hybridized carbons (Fsp3) is 0.312. The highest BCUT2D eigenvalue weighted by atomic mass is 15.1. The summed E-state index contributed by atoms with van der Waals surface area (Å²) >= 11 is 0. The van der Waals surface area contributed by atoms with E-state index in [0.29, 0.717) is 0 Å². The molecule has 3 nitrogen and oxygen atoms in total. The monoisotopic (exact) mass is 255 g/mol. The first-order valence-electron chi connectivity index (χ1n) is 6.43. The fourth-order valence-electron chi connectivity index (χ4n) is 2.00. The van der Waals surface area contributed by atoms with Crippen LogP contribution in [0.1, 0.15) is 17.0 Å². The molecule has 0 unspecified atom stereocenters. The molecule has 0 radical (unpaired) electrons. The van der Waals surface area contributed by atoms with Gasteiger partial charge >= 0.3 is 0 Å². The standard InChI is InChI=1S/C16H21N3/c1-12-10-14(13(2)19(12)5)11-17-15-6-8-16(9-7-15)18(3)4/h6-11H,1-5H3. The number of aromatic nitrogens is 1. The Morgan fingerprint density at radius 2 is 1.74 bits per heavy atom. The summed E-state index contributed by atoms with van der Waals surface area (Å²) in [4.78, 5) is 6.62. The average molecular weight is 255 g/mol. The van der Waals surface area contributed by atoms with Crippen molar-refractivity contribution >= 4 is 17.6 Å². The van der Waals surface area contributed by atoms with Crippen LogP contribution in [0.5, 0.6) is 0 Å².